The van der Waals surface area contributed by atoms with Crippen LogP contribution in [0.2, 0.25) is 0 Å². The van der Waals surface area contributed by atoms with Crippen molar-refractivity contribution in [2.45, 2.75) is 24.3 Å². The summed E-state index contributed by atoms with van der Waals surface area (Å²) in [7, 11) is -0.985. The van der Waals surface area contributed by atoms with E-state index in [1.165, 1.54) is 11.8 Å². The SMILES string of the molecule is CCN(C(=O)CSc1cn(C)c2ccccc12)[C@@H]1CCS(=O)(=O)C1. The van der Waals surface area contributed by atoms with Gasteiger partial charge >= 0.3 is 0 Å². The Morgan fingerprint density at radius 3 is 2.79 bits per heavy atom. The fourth-order valence-corrected chi connectivity index (χ4v) is 6.04. The van der Waals surface area contributed by atoms with Crippen LogP contribution >= 0.6 is 11.8 Å². The van der Waals surface area contributed by atoms with Crippen molar-refractivity contribution in [2.24, 2.45) is 7.05 Å². The summed E-state index contributed by atoms with van der Waals surface area (Å²) in [6, 6.07) is 7.95. The Bertz CT molecular complexity index is 858. The molecule has 2 heterocycles. The molecule has 1 saturated heterocycles. The first-order chi connectivity index (χ1) is 11.4. The number of aromatic nitrogens is 1. The number of fused-ring (bicyclic) bond motifs is 1. The minimum Gasteiger partial charge on any atom is -0.349 e. The van der Waals surface area contributed by atoms with Gasteiger partial charge in [-0.15, -0.1) is 11.8 Å². The zero-order chi connectivity index (χ0) is 17.3. The molecular formula is C17H22N2O3S2. The largest absolute Gasteiger partial charge is 0.349 e. The third-order valence-corrected chi connectivity index (χ3v) is 7.30. The molecule has 1 atom stereocenters. The molecule has 0 radical (unpaired) electrons. The van der Waals surface area contributed by atoms with Gasteiger partial charge in [-0.2, -0.15) is 0 Å². The summed E-state index contributed by atoms with van der Waals surface area (Å²) in [6.07, 6.45) is 2.60. The zero-order valence-electron chi connectivity index (χ0n) is 13.9. The van der Waals surface area contributed by atoms with E-state index in [1.54, 1.807) is 4.90 Å². The van der Waals surface area contributed by atoms with Crippen molar-refractivity contribution in [3.63, 3.8) is 0 Å². The fraction of sp³-hybridized carbons (Fsp3) is 0.471. The Morgan fingerprint density at radius 1 is 1.38 bits per heavy atom. The summed E-state index contributed by atoms with van der Waals surface area (Å²) in [6.45, 7) is 2.46. The van der Waals surface area contributed by atoms with Crippen molar-refractivity contribution in [3.05, 3.63) is 30.5 Å². The average Bonchev–Trinajstić information content (AvgIpc) is 3.07. The van der Waals surface area contributed by atoms with E-state index >= 15 is 0 Å². The zero-order valence-corrected chi connectivity index (χ0v) is 15.6. The molecule has 130 valence electrons. The predicted octanol–water partition coefficient (Wildman–Crippen LogP) is 2.31. The van der Waals surface area contributed by atoms with E-state index in [4.69, 9.17) is 0 Å². The van der Waals surface area contributed by atoms with Gasteiger partial charge in [0.1, 0.15) is 0 Å². The Labute approximate surface area is 146 Å². The van der Waals surface area contributed by atoms with E-state index in [1.807, 2.05) is 32.3 Å². The molecular weight excluding hydrogens is 344 g/mol. The van der Waals surface area contributed by atoms with Gasteiger partial charge in [0.25, 0.3) is 0 Å². The normalized spacial score (nSPS) is 19.7. The van der Waals surface area contributed by atoms with Crippen LogP contribution in [0.4, 0.5) is 0 Å². The van der Waals surface area contributed by atoms with Crippen LogP contribution in [-0.2, 0) is 21.7 Å². The van der Waals surface area contributed by atoms with Crippen molar-refractivity contribution in [2.75, 3.05) is 23.8 Å². The van der Waals surface area contributed by atoms with Crippen LogP contribution in [-0.4, -0.2) is 53.6 Å². The number of carbonyl (C=O) groups is 1. The van der Waals surface area contributed by atoms with Crippen LogP contribution in [0.3, 0.4) is 0 Å². The number of nitrogens with zero attached hydrogens (tertiary/aromatic N) is 2. The Balaban J connectivity index is 1.70. The second kappa shape index (κ2) is 6.80. The summed E-state index contributed by atoms with van der Waals surface area (Å²) in [5.41, 5.74) is 1.14. The maximum absolute atomic E-state index is 12.6. The van der Waals surface area contributed by atoms with Gasteiger partial charge in [-0.05, 0) is 19.4 Å². The smallest absolute Gasteiger partial charge is 0.233 e. The number of aryl methyl sites for hydroxylation is 1. The topological polar surface area (TPSA) is 59.4 Å². The van der Waals surface area contributed by atoms with Crippen molar-refractivity contribution in [1.29, 1.82) is 0 Å². The molecule has 0 bridgehead atoms. The van der Waals surface area contributed by atoms with Gasteiger partial charge in [0.2, 0.25) is 5.91 Å². The van der Waals surface area contributed by atoms with Gasteiger partial charge < -0.3 is 9.47 Å². The van der Waals surface area contributed by atoms with E-state index < -0.39 is 9.84 Å². The molecule has 1 aliphatic rings. The molecule has 1 aromatic carbocycles. The van der Waals surface area contributed by atoms with Crippen LogP contribution in [0.25, 0.3) is 10.9 Å². The van der Waals surface area contributed by atoms with Crippen LogP contribution in [0.15, 0.2) is 35.4 Å². The third-order valence-electron chi connectivity index (χ3n) is 4.52. The second-order valence-corrected chi connectivity index (χ2v) is 9.39. The highest BCUT2D eigenvalue weighted by Crippen LogP contribution is 2.30. The summed E-state index contributed by atoms with van der Waals surface area (Å²) in [5, 5.41) is 1.14. The number of carbonyl (C=O) groups excluding carboxylic acids is 1. The number of rotatable bonds is 5. The van der Waals surface area contributed by atoms with Crippen molar-refractivity contribution in [3.8, 4) is 0 Å². The van der Waals surface area contributed by atoms with Crippen LogP contribution < -0.4 is 0 Å². The number of amides is 1. The minimum absolute atomic E-state index is 0.0116. The first kappa shape index (κ1) is 17.4. The van der Waals surface area contributed by atoms with Gasteiger partial charge in [-0.25, -0.2) is 8.42 Å². The highest BCUT2D eigenvalue weighted by atomic mass is 32.2. The van der Waals surface area contributed by atoms with E-state index in [0.717, 1.165) is 15.8 Å². The van der Waals surface area contributed by atoms with Crippen molar-refractivity contribution < 1.29 is 13.2 Å². The Hall–Kier alpha value is -1.47. The van der Waals surface area contributed by atoms with Crippen LogP contribution in [0, 0.1) is 0 Å². The molecule has 0 unspecified atom stereocenters. The van der Waals surface area contributed by atoms with Crippen molar-refractivity contribution >= 4 is 38.4 Å². The van der Waals surface area contributed by atoms with Crippen LogP contribution in [0.5, 0.6) is 0 Å². The number of benzene rings is 1. The van der Waals surface area contributed by atoms with Gasteiger partial charge in [-0.1, -0.05) is 18.2 Å². The monoisotopic (exact) mass is 366 g/mol. The highest BCUT2D eigenvalue weighted by molar-refractivity contribution is 8.00. The standard InChI is InChI=1S/C17H22N2O3S2/c1-3-19(13-8-9-24(21,22)12-13)17(20)11-23-16-10-18(2)15-7-5-4-6-14(15)16/h4-7,10,13H,3,8-9,11-12H2,1-2H3/t13-/m1/s1. The molecule has 3 rings (SSSR count). The highest BCUT2D eigenvalue weighted by Gasteiger charge is 2.33. The molecule has 1 fully saturated rings. The summed E-state index contributed by atoms with van der Waals surface area (Å²) in [5.74, 6) is 0.638. The molecule has 0 saturated carbocycles. The average molecular weight is 367 g/mol. The van der Waals surface area contributed by atoms with Gasteiger partial charge in [0, 0.05) is 41.6 Å². The van der Waals surface area contributed by atoms with Gasteiger partial charge in [0.15, 0.2) is 9.84 Å². The number of para-hydroxylation sites is 1. The molecule has 24 heavy (non-hydrogen) atoms. The van der Waals surface area contributed by atoms with E-state index in [2.05, 4.69) is 16.7 Å². The molecule has 0 spiro atoms. The number of thioether (sulfide) groups is 1. The van der Waals surface area contributed by atoms with E-state index in [0.29, 0.717) is 18.7 Å². The Kier molecular flexibility index (Phi) is 4.92. The lowest BCUT2D eigenvalue weighted by Crippen LogP contribution is -2.41. The van der Waals surface area contributed by atoms with E-state index in [-0.39, 0.29) is 23.5 Å². The number of hydrogen-bond donors (Lipinski definition) is 0. The minimum atomic E-state index is -2.98. The lowest BCUT2D eigenvalue weighted by molar-refractivity contribution is -0.129. The molecule has 2 aromatic rings. The second-order valence-electron chi connectivity index (χ2n) is 6.15. The Morgan fingerprint density at radius 2 is 2.12 bits per heavy atom. The first-order valence-electron chi connectivity index (χ1n) is 8.08. The molecule has 5 nitrogen and oxygen atoms in total. The predicted molar refractivity (Wildman–Crippen MR) is 98.1 cm³/mol. The lowest BCUT2D eigenvalue weighted by Gasteiger charge is -2.26. The molecule has 0 aliphatic carbocycles. The summed E-state index contributed by atoms with van der Waals surface area (Å²) < 4.78 is 25.4. The van der Waals surface area contributed by atoms with Gasteiger partial charge in [-0.3, -0.25) is 4.79 Å². The van der Waals surface area contributed by atoms with Gasteiger partial charge in [0.05, 0.1) is 17.3 Å². The fourth-order valence-electron chi connectivity index (χ4n) is 3.30. The van der Waals surface area contributed by atoms with Crippen molar-refractivity contribution in [1.82, 2.24) is 9.47 Å². The summed E-state index contributed by atoms with van der Waals surface area (Å²) >= 11 is 1.52. The summed E-state index contributed by atoms with van der Waals surface area (Å²) in [4.78, 5) is 15.4. The molecule has 7 heteroatoms. The molecule has 1 aliphatic heterocycles. The molecule has 1 aromatic heterocycles. The number of hydrogen-bond acceptors (Lipinski definition) is 4. The van der Waals surface area contributed by atoms with Crippen LogP contribution in [0.1, 0.15) is 13.3 Å². The quantitative estimate of drug-likeness (QED) is 0.762. The molecule has 0 N–H and O–H groups in total. The molecule has 1 amide bonds. The number of sulfone groups is 1. The maximum atomic E-state index is 12.6. The van der Waals surface area contributed by atoms with E-state index in [9.17, 15) is 13.2 Å². The lowest BCUT2D eigenvalue weighted by atomic mass is 10.2. The maximum Gasteiger partial charge on any atom is 0.233 e. The third kappa shape index (κ3) is 3.47. The first-order valence-corrected chi connectivity index (χ1v) is 10.9.